The molecule has 0 aromatic heterocycles. The van der Waals surface area contributed by atoms with Gasteiger partial charge in [-0.15, -0.1) is 0 Å². The molecule has 0 saturated heterocycles. The van der Waals surface area contributed by atoms with Gasteiger partial charge in [0.25, 0.3) is 0 Å². The summed E-state index contributed by atoms with van der Waals surface area (Å²) in [6.45, 7) is 12.6. The fourth-order valence-electron chi connectivity index (χ4n) is 2.64. The predicted octanol–water partition coefficient (Wildman–Crippen LogP) is 6.68. The van der Waals surface area contributed by atoms with Crippen LogP contribution >= 0.6 is 11.6 Å². The molecular weight excluding hydrogens is 304 g/mol. The average molecular weight is 333 g/mol. The topological polar surface area (TPSA) is 9.23 Å². The van der Waals surface area contributed by atoms with E-state index in [1.165, 1.54) is 27.8 Å². The first-order valence-electron chi connectivity index (χ1n) is 8.12. The van der Waals surface area contributed by atoms with E-state index in [0.29, 0.717) is 0 Å². The lowest BCUT2D eigenvalue weighted by Crippen LogP contribution is -2.01. The molecule has 2 heteroatoms. The van der Waals surface area contributed by atoms with Crippen LogP contribution in [0.2, 0.25) is 5.02 Å². The minimum Gasteiger partial charge on any atom is -0.496 e. The van der Waals surface area contributed by atoms with Crippen molar-refractivity contribution in [3.8, 4) is 5.75 Å². The maximum atomic E-state index is 6.58. The Morgan fingerprint density at radius 2 is 1.74 bits per heavy atom. The number of rotatable bonds is 6. The van der Waals surface area contributed by atoms with E-state index < -0.39 is 0 Å². The van der Waals surface area contributed by atoms with Crippen molar-refractivity contribution in [3.63, 3.8) is 0 Å². The van der Waals surface area contributed by atoms with Crippen molar-refractivity contribution in [2.45, 2.75) is 54.4 Å². The van der Waals surface area contributed by atoms with Crippen LogP contribution in [0.1, 0.15) is 49.4 Å². The molecule has 0 unspecified atom stereocenters. The van der Waals surface area contributed by atoms with E-state index in [4.69, 9.17) is 16.3 Å². The lowest BCUT2D eigenvalue weighted by atomic mass is 9.94. The van der Waals surface area contributed by atoms with Crippen molar-refractivity contribution in [2.75, 3.05) is 7.11 Å². The molecule has 126 valence electrons. The van der Waals surface area contributed by atoms with Crippen LogP contribution in [0, 0.1) is 20.8 Å². The summed E-state index contributed by atoms with van der Waals surface area (Å²) in [4.78, 5) is 0. The summed E-state index contributed by atoms with van der Waals surface area (Å²) in [6.07, 6.45) is 10.5. The summed E-state index contributed by atoms with van der Waals surface area (Å²) in [5.41, 5.74) is 7.34. The Morgan fingerprint density at radius 3 is 2.30 bits per heavy atom. The van der Waals surface area contributed by atoms with E-state index >= 15 is 0 Å². The van der Waals surface area contributed by atoms with Gasteiger partial charge in [-0.2, -0.15) is 0 Å². The number of benzene rings is 1. The Balaban J connectivity index is 2.95. The summed E-state index contributed by atoms with van der Waals surface area (Å²) in [5, 5.41) is 0.845. The van der Waals surface area contributed by atoms with Gasteiger partial charge in [0.1, 0.15) is 5.75 Å². The number of halogens is 1. The third kappa shape index (κ3) is 5.00. The zero-order valence-electron chi connectivity index (χ0n) is 15.5. The maximum Gasteiger partial charge on any atom is 0.126 e. The van der Waals surface area contributed by atoms with Crippen LogP contribution in [0.15, 0.2) is 35.5 Å². The van der Waals surface area contributed by atoms with Crippen molar-refractivity contribution in [1.29, 1.82) is 0 Å². The van der Waals surface area contributed by atoms with Crippen LogP contribution < -0.4 is 4.74 Å². The Kier molecular flexibility index (Phi) is 7.64. The maximum absolute atomic E-state index is 6.58. The molecule has 0 aliphatic heterocycles. The first kappa shape index (κ1) is 19.6. The van der Waals surface area contributed by atoms with Gasteiger partial charge in [-0.1, -0.05) is 47.1 Å². The first-order valence-corrected chi connectivity index (χ1v) is 8.50. The van der Waals surface area contributed by atoms with Gasteiger partial charge in [-0.05, 0) is 71.1 Å². The molecule has 0 bridgehead atoms. The highest BCUT2D eigenvalue weighted by molar-refractivity contribution is 6.32. The zero-order chi connectivity index (χ0) is 17.6. The molecule has 0 amide bonds. The van der Waals surface area contributed by atoms with Crippen LogP contribution in [0.3, 0.4) is 0 Å². The van der Waals surface area contributed by atoms with Gasteiger partial charge in [0.2, 0.25) is 0 Å². The van der Waals surface area contributed by atoms with E-state index in [1.54, 1.807) is 7.11 Å². The predicted molar refractivity (Wildman–Crippen MR) is 103 cm³/mol. The van der Waals surface area contributed by atoms with Crippen molar-refractivity contribution >= 4 is 11.6 Å². The summed E-state index contributed by atoms with van der Waals surface area (Å²) in [7, 11) is 1.71. The molecule has 0 fully saturated rings. The minimum atomic E-state index is 0.845. The summed E-state index contributed by atoms with van der Waals surface area (Å²) in [6, 6.07) is 0. The van der Waals surface area contributed by atoms with Crippen molar-refractivity contribution in [2.24, 2.45) is 0 Å². The average Bonchev–Trinajstić information content (AvgIpc) is 2.53. The standard InChI is InChI=1S/C21H29ClO/c1-8-14(2)10-9-11-15(3)12-13-19-16(4)17(5)21(23-7)18(6)20(19)22/h8-11H,12-13H2,1-7H3. The van der Waals surface area contributed by atoms with Crippen LogP contribution in [-0.4, -0.2) is 7.11 Å². The molecule has 1 aromatic rings. The second kappa shape index (κ2) is 8.98. The Morgan fingerprint density at radius 1 is 1.09 bits per heavy atom. The third-order valence-electron chi connectivity index (χ3n) is 4.46. The summed E-state index contributed by atoms with van der Waals surface area (Å²) in [5.74, 6) is 0.910. The summed E-state index contributed by atoms with van der Waals surface area (Å²) < 4.78 is 5.49. The van der Waals surface area contributed by atoms with E-state index in [0.717, 1.165) is 29.2 Å². The van der Waals surface area contributed by atoms with E-state index in [1.807, 2.05) is 6.92 Å². The van der Waals surface area contributed by atoms with Crippen molar-refractivity contribution in [3.05, 3.63) is 62.7 Å². The smallest absolute Gasteiger partial charge is 0.126 e. The second-order valence-electron chi connectivity index (χ2n) is 6.11. The lowest BCUT2D eigenvalue weighted by molar-refractivity contribution is 0.408. The highest BCUT2D eigenvalue weighted by Crippen LogP contribution is 2.36. The molecular formula is C21H29ClO. The van der Waals surface area contributed by atoms with Gasteiger partial charge in [0.15, 0.2) is 0 Å². The van der Waals surface area contributed by atoms with E-state index in [9.17, 15) is 0 Å². The van der Waals surface area contributed by atoms with Gasteiger partial charge in [0, 0.05) is 5.56 Å². The first-order chi connectivity index (χ1) is 10.8. The van der Waals surface area contributed by atoms with Gasteiger partial charge in [-0.3, -0.25) is 0 Å². The van der Waals surface area contributed by atoms with E-state index in [2.05, 4.69) is 58.9 Å². The number of hydrogen-bond donors (Lipinski definition) is 0. The van der Waals surface area contributed by atoms with E-state index in [-0.39, 0.29) is 0 Å². The highest BCUT2D eigenvalue weighted by atomic mass is 35.5. The lowest BCUT2D eigenvalue weighted by Gasteiger charge is -2.18. The zero-order valence-corrected chi connectivity index (χ0v) is 16.3. The monoisotopic (exact) mass is 332 g/mol. The van der Waals surface area contributed by atoms with Crippen LogP contribution in [0.4, 0.5) is 0 Å². The summed E-state index contributed by atoms with van der Waals surface area (Å²) >= 11 is 6.58. The molecule has 1 rings (SSSR count). The molecule has 0 atom stereocenters. The molecule has 0 heterocycles. The van der Waals surface area contributed by atoms with Gasteiger partial charge in [0.05, 0.1) is 12.1 Å². The normalized spacial score (nSPS) is 13.0. The SMILES string of the molecule is CC=C(C)C=CC=C(C)CCc1c(C)c(C)c(OC)c(C)c1Cl. The van der Waals surface area contributed by atoms with Crippen molar-refractivity contribution < 1.29 is 4.74 Å². The molecule has 1 nitrogen and oxygen atoms in total. The molecule has 23 heavy (non-hydrogen) atoms. The Labute approximate surface area is 146 Å². The molecule has 0 N–H and O–H groups in total. The molecule has 1 aromatic carbocycles. The highest BCUT2D eigenvalue weighted by Gasteiger charge is 2.16. The molecule has 0 saturated carbocycles. The fraction of sp³-hybridized carbons (Fsp3) is 0.429. The number of ether oxygens (including phenoxy) is 1. The van der Waals surface area contributed by atoms with Crippen LogP contribution in [-0.2, 0) is 6.42 Å². The Hall–Kier alpha value is -1.47. The van der Waals surface area contributed by atoms with Gasteiger partial charge < -0.3 is 4.74 Å². The fourth-order valence-corrected chi connectivity index (χ4v) is 2.96. The minimum absolute atomic E-state index is 0.845. The number of allylic oxidation sites excluding steroid dienone is 6. The van der Waals surface area contributed by atoms with Gasteiger partial charge >= 0.3 is 0 Å². The molecule has 0 aliphatic carbocycles. The quantitative estimate of drug-likeness (QED) is 0.528. The van der Waals surface area contributed by atoms with Crippen molar-refractivity contribution in [1.82, 2.24) is 0 Å². The molecule has 0 spiro atoms. The van der Waals surface area contributed by atoms with Crippen LogP contribution in [0.25, 0.3) is 0 Å². The Bertz CT molecular complexity index is 619. The second-order valence-corrected chi connectivity index (χ2v) is 6.48. The largest absolute Gasteiger partial charge is 0.496 e. The molecule has 0 radical (unpaired) electrons. The van der Waals surface area contributed by atoms with Crippen LogP contribution in [0.5, 0.6) is 5.75 Å². The third-order valence-corrected chi connectivity index (χ3v) is 4.97. The molecule has 0 aliphatic rings. The number of hydrogen-bond acceptors (Lipinski definition) is 1. The van der Waals surface area contributed by atoms with Gasteiger partial charge in [-0.25, -0.2) is 0 Å². The number of methoxy groups -OCH3 is 1.